The molecule has 1 aromatic heterocycles. The fourth-order valence-electron chi connectivity index (χ4n) is 1.32. The minimum atomic E-state index is -3.29. The highest BCUT2D eigenvalue weighted by Gasteiger charge is 2.32. The lowest BCUT2D eigenvalue weighted by molar-refractivity contribution is -0.387. The van der Waals surface area contributed by atoms with E-state index in [-0.39, 0.29) is 6.61 Å². The highest BCUT2D eigenvalue weighted by Crippen LogP contribution is 2.31. The average Bonchev–Trinajstić information content (AvgIpc) is 2.37. The zero-order chi connectivity index (χ0) is 14.6. The van der Waals surface area contributed by atoms with E-state index in [9.17, 15) is 23.7 Å². The number of hydrogen-bond acceptors (Lipinski definition) is 6. The molecule has 0 radical (unpaired) electrons. The Morgan fingerprint density at radius 1 is 1.68 bits per heavy atom. The van der Waals surface area contributed by atoms with Gasteiger partial charge in [0.25, 0.3) is 6.43 Å². The van der Waals surface area contributed by atoms with Crippen LogP contribution >= 0.6 is 0 Å². The van der Waals surface area contributed by atoms with Crippen molar-refractivity contribution < 1.29 is 23.2 Å². The number of nitro groups is 1. The van der Waals surface area contributed by atoms with Crippen LogP contribution in [0.2, 0.25) is 0 Å². The second-order valence-corrected chi connectivity index (χ2v) is 3.18. The lowest BCUT2D eigenvalue weighted by Gasteiger charge is -2.07. The molecule has 0 saturated heterocycles. The van der Waals surface area contributed by atoms with Crippen LogP contribution in [-0.2, 0) is 4.74 Å². The van der Waals surface area contributed by atoms with E-state index in [1.54, 1.807) is 0 Å². The minimum absolute atomic E-state index is 0.0930. The van der Waals surface area contributed by atoms with Crippen molar-refractivity contribution >= 4 is 11.7 Å². The smallest absolute Gasteiger partial charge is 0.345 e. The number of halogens is 2. The second kappa shape index (κ2) is 5.81. The largest absolute Gasteiger partial charge is 0.462 e. The number of nitrogens with zero attached hydrogens (tertiary/aromatic N) is 3. The molecule has 0 N–H and O–H groups in total. The maximum absolute atomic E-state index is 12.7. The van der Waals surface area contributed by atoms with Gasteiger partial charge in [0.05, 0.1) is 11.5 Å². The van der Waals surface area contributed by atoms with Gasteiger partial charge in [-0.05, 0) is 13.0 Å². The number of carbonyl (C=O) groups is 1. The fraction of sp³-hybridized carbons (Fsp3) is 0.300. The summed E-state index contributed by atoms with van der Waals surface area (Å²) in [6, 6.07) is 2.20. The van der Waals surface area contributed by atoms with E-state index in [1.165, 1.54) is 13.0 Å². The van der Waals surface area contributed by atoms with Crippen molar-refractivity contribution in [3.05, 3.63) is 33.1 Å². The Balaban J connectivity index is 3.58. The summed E-state index contributed by atoms with van der Waals surface area (Å²) in [6.45, 7) is 1.36. The minimum Gasteiger partial charge on any atom is -0.462 e. The molecule has 100 valence electrons. The highest BCUT2D eigenvalue weighted by molar-refractivity contribution is 5.94. The maximum atomic E-state index is 12.7. The maximum Gasteiger partial charge on any atom is 0.345 e. The molecule has 1 aromatic rings. The summed E-state index contributed by atoms with van der Waals surface area (Å²) in [5, 5.41) is 19.4. The highest BCUT2D eigenvalue weighted by atomic mass is 19.3. The van der Waals surface area contributed by atoms with E-state index in [0.717, 1.165) is 6.07 Å². The Morgan fingerprint density at radius 3 is 2.74 bits per heavy atom. The van der Waals surface area contributed by atoms with Crippen molar-refractivity contribution in [2.45, 2.75) is 13.3 Å². The first-order valence-electron chi connectivity index (χ1n) is 4.97. The zero-order valence-electron chi connectivity index (χ0n) is 9.59. The van der Waals surface area contributed by atoms with E-state index >= 15 is 0 Å². The van der Waals surface area contributed by atoms with Crippen LogP contribution < -0.4 is 0 Å². The molecule has 0 saturated carbocycles. The molecular weight excluding hydrogens is 264 g/mol. The summed E-state index contributed by atoms with van der Waals surface area (Å²) in [7, 11) is 0. The Hall–Kier alpha value is -2.63. The monoisotopic (exact) mass is 271 g/mol. The summed E-state index contributed by atoms with van der Waals surface area (Å²) in [5.41, 5.74) is -3.61. The Kier molecular flexibility index (Phi) is 4.41. The van der Waals surface area contributed by atoms with Crippen molar-refractivity contribution in [1.29, 1.82) is 5.26 Å². The van der Waals surface area contributed by atoms with Crippen molar-refractivity contribution in [3.63, 3.8) is 0 Å². The second-order valence-electron chi connectivity index (χ2n) is 3.18. The van der Waals surface area contributed by atoms with Gasteiger partial charge in [-0.1, -0.05) is 0 Å². The number of ether oxygens (including phenoxy) is 1. The first kappa shape index (κ1) is 14.4. The summed E-state index contributed by atoms with van der Waals surface area (Å²) in [4.78, 5) is 24.3. The summed E-state index contributed by atoms with van der Waals surface area (Å²) < 4.78 is 29.9. The number of carbonyl (C=O) groups excluding carboxylic acids is 1. The molecule has 1 rings (SSSR count). The van der Waals surface area contributed by atoms with Gasteiger partial charge in [-0.3, -0.25) is 10.1 Å². The Labute approximate surface area is 105 Å². The van der Waals surface area contributed by atoms with E-state index < -0.39 is 40.0 Å². The molecular formula is C10H7F2N3O4. The van der Waals surface area contributed by atoms with Gasteiger partial charge < -0.3 is 4.74 Å². The van der Waals surface area contributed by atoms with Crippen molar-refractivity contribution in [3.8, 4) is 6.07 Å². The predicted octanol–water partition coefficient (Wildman–Crippen LogP) is 1.98. The molecule has 19 heavy (non-hydrogen) atoms. The molecule has 1 heterocycles. The standard InChI is InChI=1S/C10H7F2N3O4/c1-2-19-10(16)6-3-5(4-13)14-7(9(11)12)8(6)15(17)18/h3,9H,2H2,1H3. The van der Waals surface area contributed by atoms with Crippen LogP contribution in [0, 0.1) is 21.4 Å². The third kappa shape index (κ3) is 2.98. The van der Waals surface area contributed by atoms with Crippen LogP contribution in [0.5, 0.6) is 0 Å². The molecule has 0 aliphatic rings. The molecule has 0 amide bonds. The van der Waals surface area contributed by atoms with Crippen LogP contribution in [0.3, 0.4) is 0 Å². The molecule has 0 aromatic carbocycles. The number of aromatic nitrogens is 1. The van der Waals surface area contributed by atoms with Gasteiger partial charge in [-0.2, -0.15) is 5.26 Å². The molecule has 0 atom stereocenters. The van der Waals surface area contributed by atoms with Crippen LogP contribution in [-0.4, -0.2) is 22.5 Å². The normalized spacial score (nSPS) is 10.1. The van der Waals surface area contributed by atoms with Gasteiger partial charge >= 0.3 is 11.7 Å². The number of pyridine rings is 1. The lowest BCUT2D eigenvalue weighted by atomic mass is 10.1. The van der Waals surface area contributed by atoms with Crippen LogP contribution in [0.4, 0.5) is 14.5 Å². The number of rotatable bonds is 4. The van der Waals surface area contributed by atoms with E-state index in [4.69, 9.17) is 5.26 Å². The van der Waals surface area contributed by atoms with Gasteiger partial charge in [0.1, 0.15) is 17.3 Å². The predicted molar refractivity (Wildman–Crippen MR) is 56.5 cm³/mol. The van der Waals surface area contributed by atoms with Crippen LogP contribution in [0.25, 0.3) is 0 Å². The van der Waals surface area contributed by atoms with Gasteiger partial charge in [0, 0.05) is 0 Å². The van der Waals surface area contributed by atoms with Crippen LogP contribution in [0.1, 0.15) is 35.1 Å². The summed E-state index contributed by atoms with van der Waals surface area (Å²) >= 11 is 0. The quantitative estimate of drug-likeness (QED) is 0.470. The number of esters is 1. The third-order valence-electron chi connectivity index (χ3n) is 2.02. The molecule has 0 unspecified atom stereocenters. The van der Waals surface area contributed by atoms with Gasteiger partial charge in [-0.15, -0.1) is 0 Å². The molecule has 0 bridgehead atoms. The van der Waals surface area contributed by atoms with Crippen LogP contribution in [0.15, 0.2) is 6.07 Å². The summed E-state index contributed by atoms with van der Waals surface area (Å²) in [6.07, 6.45) is -3.29. The molecule has 7 nitrogen and oxygen atoms in total. The Morgan fingerprint density at radius 2 is 2.32 bits per heavy atom. The van der Waals surface area contributed by atoms with E-state index in [2.05, 4.69) is 9.72 Å². The first-order chi connectivity index (χ1) is 8.92. The number of hydrogen-bond donors (Lipinski definition) is 0. The molecule has 0 fully saturated rings. The molecule has 9 heteroatoms. The lowest BCUT2D eigenvalue weighted by Crippen LogP contribution is -2.12. The van der Waals surface area contributed by atoms with Crippen molar-refractivity contribution in [2.24, 2.45) is 0 Å². The number of alkyl halides is 2. The molecule has 0 aliphatic heterocycles. The zero-order valence-corrected chi connectivity index (χ0v) is 9.59. The SMILES string of the molecule is CCOC(=O)c1cc(C#N)nc(C(F)F)c1[N+](=O)[O-]. The third-order valence-corrected chi connectivity index (χ3v) is 2.02. The van der Waals surface area contributed by atoms with Gasteiger partial charge in [0.15, 0.2) is 5.69 Å². The summed E-state index contributed by atoms with van der Waals surface area (Å²) in [5.74, 6) is -1.16. The Bertz CT molecular complexity index is 569. The van der Waals surface area contributed by atoms with Crippen molar-refractivity contribution in [2.75, 3.05) is 6.61 Å². The average molecular weight is 271 g/mol. The van der Waals surface area contributed by atoms with Crippen molar-refractivity contribution in [1.82, 2.24) is 4.98 Å². The van der Waals surface area contributed by atoms with E-state index in [1.807, 2.05) is 0 Å². The molecule has 0 spiro atoms. The fourth-order valence-corrected chi connectivity index (χ4v) is 1.32. The topological polar surface area (TPSA) is 106 Å². The van der Waals surface area contributed by atoms with Gasteiger partial charge in [0.2, 0.25) is 0 Å². The number of nitriles is 1. The van der Waals surface area contributed by atoms with Gasteiger partial charge in [-0.25, -0.2) is 18.6 Å². The van der Waals surface area contributed by atoms with E-state index in [0.29, 0.717) is 0 Å². The molecule has 0 aliphatic carbocycles. The first-order valence-corrected chi connectivity index (χ1v) is 4.97.